The predicted molar refractivity (Wildman–Crippen MR) is 94.2 cm³/mol. The van der Waals surface area contributed by atoms with Crippen LogP contribution in [0.1, 0.15) is 23.0 Å². The minimum atomic E-state index is -0.464. The Kier molecular flexibility index (Phi) is 5.36. The van der Waals surface area contributed by atoms with E-state index in [-0.39, 0.29) is 5.69 Å². The Hall–Kier alpha value is -3.21. The quantitative estimate of drug-likeness (QED) is 0.640. The zero-order chi connectivity index (χ0) is 17.5. The Morgan fingerprint density at radius 2 is 1.76 bits per heavy atom. The number of nitrogens with zero attached hydrogens (tertiary/aromatic N) is 2. The van der Waals surface area contributed by atoms with Gasteiger partial charge in [0.1, 0.15) is 18.7 Å². The molecule has 3 aromatic rings. The van der Waals surface area contributed by atoms with Crippen LogP contribution in [0.25, 0.3) is 11.3 Å². The maximum Gasteiger partial charge on any atom is 0.357 e. The molecular weight excluding hydrogens is 316 g/mol. The molecule has 0 bridgehead atoms. The van der Waals surface area contributed by atoms with E-state index in [0.717, 1.165) is 11.1 Å². The topological polar surface area (TPSA) is 61.3 Å². The summed E-state index contributed by atoms with van der Waals surface area (Å²) in [5.41, 5.74) is 2.71. The fourth-order valence-corrected chi connectivity index (χ4v) is 2.36. The summed E-state index contributed by atoms with van der Waals surface area (Å²) < 4.78 is 10.9. The van der Waals surface area contributed by atoms with Crippen molar-refractivity contribution < 1.29 is 14.3 Å². The first-order chi connectivity index (χ1) is 12.3. The summed E-state index contributed by atoms with van der Waals surface area (Å²) in [6, 6.07) is 19.1. The SMILES string of the molecule is CCOC(=O)c1cc(-c2ccccc2OCc2ccccc2)ncn1. The number of hydrogen-bond acceptors (Lipinski definition) is 5. The molecule has 0 saturated carbocycles. The van der Waals surface area contributed by atoms with Crippen LogP contribution in [0.3, 0.4) is 0 Å². The molecule has 0 atom stereocenters. The lowest BCUT2D eigenvalue weighted by atomic mass is 10.1. The van der Waals surface area contributed by atoms with Gasteiger partial charge in [-0.2, -0.15) is 0 Å². The first-order valence-corrected chi connectivity index (χ1v) is 8.03. The molecule has 0 aliphatic heterocycles. The van der Waals surface area contributed by atoms with Crippen molar-refractivity contribution in [3.8, 4) is 17.0 Å². The summed E-state index contributed by atoms with van der Waals surface area (Å²) in [6.07, 6.45) is 1.36. The van der Waals surface area contributed by atoms with Crippen molar-refractivity contribution in [1.82, 2.24) is 9.97 Å². The van der Waals surface area contributed by atoms with E-state index in [0.29, 0.717) is 24.7 Å². The lowest BCUT2D eigenvalue weighted by Gasteiger charge is -2.11. The Bertz CT molecular complexity index is 850. The number of ether oxygens (including phenoxy) is 2. The molecule has 0 aliphatic rings. The summed E-state index contributed by atoms with van der Waals surface area (Å²) >= 11 is 0. The van der Waals surface area contributed by atoms with Crippen LogP contribution < -0.4 is 4.74 Å². The second-order valence-electron chi connectivity index (χ2n) is 5.28. The van der Waals surface area contributed by atoms with Gasteiger partial charge in [-0.1, -0.05) is 42.5 Å². The van der Waals surface area contributed by atoms with Gasteiger partial charge in [0.05, 0.1) is 12.3 Å². The highest BCUT2D eigenvalue weighted by Gasteiger charge is 2.13. The molecule has 3 rings (SSSR count). The smallest absolute Gasteiger partial charge is 0.357 e. The van der Waals surface area contributed by atoms with Crippen LogP contribution in [0.2, 0.25) is 0 Å². The Morgan fingerprint density at radius 3 is 2.56 bits per heavy atom. The first kappa shape index (κ1) is 16.6. The maximum absolute atomic E-state index is 11.9. The zero-order valence-corrected chi connectivity index (χ0v) is 13.9. The minimum Gasteiger partial charge on any atom is -0.488 e. The van der Waals surface area contributed by atoms with Gasteiger partial charge >= 0.3 is 5.97 Å². The van der Waals surface area contributed by atoms with Crippen LogP contribution in [0, 0.1) is 0 Å². The summed E-state index contributed by atoms with van der Waals surface area (Å²) in [4.78, 5) is 20.1. The van der Waals surface area contributed by atoms with Gasteiger partial charge in [0.2, 0.25) is 0 Å². The van der Waals surface area contributed by atoms with Gasteiger partial charge < -0.3 is 9.47 Å². The molecule has 0 unspecified atom stereocenters. The van der Waals surface area contributed by atoms with Gasteiger partial charge in [0.15, 0.2) is 5.69 Å². The second-order valence-corrected chi connectivity index (χ2v) is 5.28. The summed E-state index contributed by atoms with van der Waals surface area (Å²) in [7, 11) is 0. The normalized spacial score (nSPS) is 10.3. The van der Waals surface area contributed by atoms with Crippen LogP contribution in [0.5, 0.6) is 5.75 Å². The lowest BCUT2D eigenvalue weighted by Crippen LogP contribution is -2.07. The van der Waals surface area contributed by atoms with Crippen molar-refractivity contribution in [2.45, 2.75) is 13.5 Å². The number of hydrogen-bond donors (Lipinski definition) is 0. The fourth-order valence-electron chi connectivity index (χ4n) is 2.36. The molecule has 0 spiro atoms. The molecule has 5 heteroatoms. The van der Waals surface area contributed by atoms with E-state index in [1.807, 2.05) is 54.6 Å². The van der Waals surface area contributed by atoms with Gasteiger partial charge in [0, 0.05) is 5.56 Å². The molecule has 0 radical (unpaired) electrons. The van der Waals surface area contributed by atoms with Gasteiger partial charge in [-0.15, -0.1) is 0 Å². The van der Waals surface area contributed by atoms with Crippen molar-refractivity contribution in [1.29, 1.82) is 0 Å². The number of para-hydroxylation sites is 1. The van der Waals surface area contributed by atoms with Crippen molar-refractivity contribution in [3.63, 3.8) is 0 Å². The van der Waals surface area contributed by atoms with E-state index in [2.05, 4.69) is 9.97 Å². The van der Waals surface area contributed by atoms with Crippen LogP contribution in [0.4, 0.5) is 0 Å². The number of carbonyl (C=O) groups excluding carboxylic acids is 1. The Labute approximate surface area is 146 Å². The van der Waals surface area contributed by atoms with Crippen molar-refractivity contribution in [3.05, 3.63) is 78.2 Å². The number of benzene rings is 2. The van der Waals surface area contributed by atoms with Gasteiger partial charge in [-0.25, -0.2) is 14.8 Å². The van der Waals surface area contributed by atoms with Gasteiger partial charge in [-0.05, 0) is 30.7 Å². The van der Waals surface area contributed by atoms with E-state index < -0.39 is 5.97 Å². The molecule has 25 heavy (non-hydrogen) atoms. The van der Waals surface area contributed by atoms with Crippen molar-refractivity contribution >= 4 is 5.97 Å². The van der Waals surface area contributed by atoms with Crippen molar-refractivity contribution in [2.75, 3.05) is 6.61 Å². The molecule has 2 aromatic carbocycles. The molecule has 0 fully saturated rings. The van der Waals surface area contributed by atoms with Gasteiger partial charge in [-0.3, -0.25) is 0 Å². The van der Waals surface area contributed by atoms with E-state index in [4.69, 9.17) is 9.47 Å². The van der Waals surface area contributed by atoms with Crippen LogP contribution in [-0.2, 0) is 11.3 Å². The molecule has 5 nitrogen and oxygen atoms in total. The number of rotatable bonds is 6. The molecule has 0 aliphatic carbocycles. The molecule has 0 N–H and O–H groups in total. The third-order valence-corrected chi connectivity index (χ3v) is 3.55. The standard InChI is InChI=1S/C20H18N2O3/c1-2-24-20(23)18-12-17(21-14-22-18)16-10-6-7-11-19(16)25-13-15-8-4-3-5-9-15/h3-12,14H,2,13H2,1H3. The largest absolute Gasteiger partial charge is 0.488 e. The third-order valence-electron chi connectivity index (χ3n) is 3.55. The molecule has 0 saturated heterocycles. The maximum atomic E-state index is 11.9. The Balaban J connectivity index is 1.85. The highest BCUT2D eigenvalue weighted by molar-refractivity contribution is 5.88. The molecular formula is C20H18N2O3. The van der Waals surface area contributed by atoms with Crippen LogP contribution in [0.15, 0.2) is 67.0 Å². The average Bonchev–Trinajstić information content (AvgIpc) is 2.68. The average molecular weight is 334 g/mol. The number of esters is 1. The van der Waals surface area contributed by atoms with Crippen molar-refractivity contribution in [2.24, 2.45) is 0 Å². The highest BCUT2D eigenvalue weighted by atomic mass is 16.5. The van der Waals surface area contributed by atoms with E-state index >= 15 is 0 Å². The molecule has 0 amide bonds. The fraction of sp³-hybridized carbons (Fsp3) is 0.150. The molecule has 1 heterocycles. The van der Waals surface area contributed by atoms with Gasteiger partial charge in [0.25, 0.3) is 0 Å². The molecule has 1 aromatic heterocycles. The summed E-state index contributed by atoms with van der Waals surface area (Å²) in [6.45, 7) is 2.51. The highest BCUT2D eigenvalue weighted by Crippen LogP contribution is 2.29. The Morgan fingerprint density at radius 1 is 1.00 bits per heavy atom. The molecule has 126 valence electrons. The lowest BCUT2D eigenvalue weighted by molar-refractivity contribution is 0.0519. The van der Waals surface area contributed by atoms with E-state index in [1.165, 1.54) is 6.33 Å². The monoisotopic (exact) mass is 334 g/mol. The van der Waals surface area contributed by atoms with Crippen LogP contribution >= 0.6 is 0 Å². The second kappa shape index (κ2) is 8.06. The first-order valence-electron chi connectivity index (χ1n) is 8.03. The number of carbonyl (C=O) groups is 1. The third kappa shape index (κ3) is 4.20. The minimum absolute atomic E-state index is 0.227. The summed E-state index contributed by atoms with van der Waals surface area (Å²) in [5, 5.41) is 0. The van der Waals surface area contributed by atoms with E-state index in [9.17, 15) is 4.79 Å². The number of aromatic nitrogens is 2. The predicted octanol–water partition coefficient (Wildman–Crippen LogP) is 3.90. The van der Waals surface area contributed by atoms with E-state index in [1.54, 1.807) is 13.0 Å². The van der Waals surface area contributed by atoms with Crippen LogP contribution in [-0.4, -0.2) is 22.5 Å². The zero-order valence-electron chi connectivity index (χ0n) is 13.9. The summed E-state index contributed by atoms with van der Waals surface area (Å²) in [5.74, 6) is 0.230.